The second-order valence-electron chi connectivity index (χ2n) is 16.2. The third kappa shape index (κ3) is 8.79. The summed E-state index contributed by atoms with van der Waals surface area (Å²) in [5.74, 6) is -0.463. The van der Waals surface area contributed by atoms with Gasteiger partial charge in [0.2, 0.25) is 11.8 Å². The predicted octanol–water partition coefficient (Wildman–Crippen LogP) is 6.62. The monoisotopic (exact) mass is 765 g/mol. The number of carboxylic acids is 1. The maximum absolute atomic E-state index is 14.4. The summed E-state index contributed by atoms with van der Waals surface area (Å²) in [6, 6.07) is 14.7. The molecule has 3 saturated carbocycles. The third-order valence-corrected chi connectivity index (χ3v) is 12.4. The Hall–Kier alpha value is -5.13. The molecule has 7 rings (SSSR count). The number of nitrogens with zero attached hydrogens (tertiary/aromatic N) is 2. The molecule has 1 aliphatic heterocycles. The Morgan fingerprint density at radius 2 is 1.70 bits per heavy atom. The number of methoxy groups -OCH3 is 1. The van der Waals surface area contributed by atoms with Crippen LogP contribution in [-0.2, 0) is 14.4 Å². The van der Waals surface area contributed by atoms with Gasteiger partial charge in [0.1, 0.15) is 35.2 Å². The number of urea groups is 1. The van der Waals surface area contributed by atoms with E-state index in [0.717, 1.165) is 62.3 Å². The molecule has 1 saturated heterocycles. The maximum atomic E-state index is 14.4. The number of aromatic nitrogens is 1. The van der Waals surface area contributed by atoms with Crippen molar-refractivity contribution in [3.63, 3.8) is 0 Å². The molecule has 4 fully saturated rings. The number of fused-ring (bicyclic) bond motifs is 1. The number of hydrogen-bond donors (Lipinski definition) is 4. The summed E-state index contributed by atoms with van der Waals surface area (Å²) in [7, 11) is 1.59. The minimum Gasteiger partial charge on any atom is -0.497 e. The first-order valence-electron chi connectivity index (χ1n) is 20.4. The largest absolute Gasteiger partial charge is 0.497 e. The van der Waals surface area contributed by atoms with Crippen molar-refractivity contribution >= 4 is 34.7 Å². The van der Waals surface area contributed by atoms with Gasteiger partial charge in [-0.15, -0.1) is 6.58 Å². The van der Waals surface area contributed by atoms with Crippen LogP contribution in [0, 0.1) is 17.8 Å². The van der Waals surface area contributed by atoms with Gasteiger partial charge in [0.25, 0.3) is 0 Å². The molecular formula is C44H55N5O7. The first-order valence-corrected chi connectivity index (χ1v) is 20.4. The van der Waals surface area contributed by atoms with Gasteiger partial charge in [-0.3, -0.25) is 9.59 Å². The highest BCUT2D eigenvalue weighted by atomic mass is 16.5. The average molecular weight is 766 g/mol. The van der Waals surface area contributed by atoms with Crippen LogP contribution in [0.3, 0.4) is 0 Å². The number of likely N-dealkylation sites (tertiary alicyclic amines) is 1. The smallest absolute Gasteiger partial charge is 0.330 e. The highest BCUT2D eigenvalue weighted by molar-refractivity contribution is 5.95. The standard InChI is InChI=1S/C44H55N5O7/c1-3-31-25-44(31,42(52)53)48-41(51)38-23-33(56-39-24-35(30-17-11-6-12-18-30)46-36-22-32(55-2)19-20-34(36)39)27-49(38)43(54)47-37(21-28-13-7-4-8-14-28)40(50)45-26-29-15-9-5-10-16-29/h3,6,11-12,17-20,22,24,28-29,31,33,37-38H,1,4-5,7-10,13-16,21,23,25-27H2,2H3,(H,45,50)(H,47,54)(H,48,51)(H,52,53)/t31-,33-,37+,38+,44-/m1/s1. The van der Waals surface area contributed by atoms with Crippen molar-refractivity contribution in [3.05, 3.63) is 67.3 Å². The van der Waals surface area contributed by atoms with Crippen molar-refractivity contribution in [1.82, 2.24) is 25.8 Å². The Morgan fingerprint density at radius 3 is 2.36 bits per heavy atom. The number of amides is 4. The van der Waals surface area contributed by atoms with Gasteiger partial charge in [-0.1, -0.05) is 87.8 Å². The number of rotatable bonds is 14. The molecule has 3 aromatic rings. The van der Waals surface area contributed by atoms with Crippen molar-refractivity contribution in [2.45, 2.75) is 107 Å². The van der Waals surface area contributed by atoms with E-state index >= 15 is 0 Å². The van der Waals surface area contributed by atoms with Crippen molar-refractivity contribution in [2.24, 2.45) is 17.8 Å². The number of aliphatic carboxylic acids is 1. The fraction of sp³-hybridized carbons (Fsp3) is 0.523. The summed E-state index contributed by atoms with van der Waals surface area (Å²) in [5, 5.41) is 19.8. The zero-order chi connectivity index (χ0) is 39.2. The highest BCUT2D eigenvalue weighted by Gasteiger charge is 2.61. The van der Waals surface area contributed by atoms with Crippen LogP contribution in [0.25, 0.3) is 22.2 Å². The number of carboxylic acid groups (broad SMARTS) is 1. The maximum Gasteiger partial charge on any atom is 0.330 e. The molecule has 0 radical (unpaired) electrons. The van der Waals surface area contributed by atoms with Gasteiger partial charge in [-0.05, 0) is 49.7 Å². The molecule has 12 nitrogen and oxygen atoms in total. The summed E-state index contributed by atoms with van der Waals surface area (Å²) in [4.78, 5) is 61.1. The topological polar surface area (TPSA) is 159 Å². The van der Waals surface area contributed by atoms with Gasteiger partial charge in [-0.2, -0.15) is 0 Å². The summed E-state index contributed by atoms with van der Waals surface area (Å²) in [5.41, 5.74) is 0.742. The molecule has 3 aliphatic carbocycles. The zero-order valence-electron chi connectivity index (χ0n) is 32.3. The molecule has 5 atom stereocenters. The van der Waals surface area contributed by atoms with Crippen LogP contribution in [0.4, 0.5) is 4.79 Å². The van der Waals surface area contributed by atoms with Gasteiger partial charge in [0.15, 0.2) is 0 Å². The van der Waals surface area contributed by atoms with E-state index < -0.39 is 47.6 Å². The lowest BCUT2D eigenvalue weighted by Crippen LogP contribution is -2.57. The number of carbonyl (C=O) groups excluding carboxylic acids is 3. The molecule has 4 N–H and O–H groups in total. The summed E-state index contributed by atoms with van der Waals surface area (Å²) >= 11 is 0. The Bertz CT molecular complexity index is 1910. The summed E-state index contributed by atoms with van der Waals surface area (Å²) in [6.45, 7) is 4.37. The molecular weight excluding hydrogens is 711 g/mol. The Morgan fingerprint density at radius 1 is 0.982 bits per heavy atom. The van der Waals surface area contributed by atoms with Crippen LogP contribution in [0.15, 0.2) is 67.3 Å². The molecule has 2 aromatic carbocycles. The first kappa shape index (κ1) is 39.1. The normalized spacial score (nSPS) is 24.5. The zero-order valence-corrected chi connectivity index (χ0v) is 32.3. The van der Waals surface area contributed by atoms with Crippen LogP contribution in [0.2, 0.25) is 0 Å². The minimum absolute atomic E-state index is 0.0371. The summed E-state index contributed by atoms with van der Waals surface area (Å²) in [6.07, 6.45) is 12.8. The van der Waals surface area contributed by atoms with Crippen molar-refractivity contribution in [3.8, 4) is 22.8 Å². The van der Waals surface area contributed by atoms with Crippen LogP contribution >= 0.6 is 0 Å². The van der Waals surface area contributed by atoms with E-state index in [0.29, 0.717) is 47.5 Å². The molecule has 4 amide bonds. The lowest BCUT2D eigenvalue weighted by molar-refractivity contribution is -0.144. The van der Waals surface area contributed by atoms with E-state index in [4.69, 9.17) is 14.5 Å². The van der Waals surface area contributed by atoms with E-state index in [-0.39, 0.29) is 25.3 Å². The molecule has 12 heteroatoms. The van der Waals surface area contributed by atoms with Gasteiger partial charge in [-0.25, -0.2) is 14.6 Å². The molecule has 0 spiro atoms. The fourth-order valence-electron chi connectivity index (χ4n) is 8.99. The Balaban J connectivity index is 1.15. The van der Waals surface area contributed by atoms with Crippen molar-refractivity contribution < 1.29 is 33.8 Å². The van der Waals surface area contributed by atoms with E-state index in [9.17, 15) is 24.3 Å². The minimum atomic E-state index is -1.48. The Kier molecular flexibility index (Phi) is 12.1. The van der Waals surface area contributed by atoms with Crippen molar-refractivity contribution in [2.75, 3.05) is 20.2 Å². The number of carbonyl (C=O) groups is 4. The number of ether oxygens (including phenoxy) is 2. The molecule has 2 heterocycles. The van der Waals surface area contributed by atoms with E-state index in [1.54, 1.807) is 7.11 Å². The van der Waals surface area contributed by atoms with Gasteiger partial charge in [0, 0.05) is 42.0 Å². The van der Waals surface area contributed by atoms with E-state index in [1.165, 1.54) is 23.8 Å². The molecule has 0 unspecified atom stereocenters. The van der Waals surface area contributed by atoms with Crippen molar-refractivity contribution in [1.29, 1.82) is 0 Å². The number of benzene rings is 2. The average Bonchev–Trinajstić information content (AvgIpc) is 3.79. The van der Waals surface area contributed by atoms with Crippen LogP contribution in [-0.4, -0.2) is 82.7 Å². The van der Waals surface area contributed by atoms with Crippen LogP contribution in [0.5, 0.6) is 11.5 Å². The van der Waals surface area contributed by atoms with Crippen LogP contribution in [0.1, 0.15) is 83.5 Å². The van der Waals surface area contributed by atoms with Gasteiger partial charge in [0.05, 0.1) is 24.9 Å². The first-order chi connectivity index (χ1) is 27.2. The van der Waals surface area contributed by atoms with Gasteiger partial charge >= 0.3 is 12.0 Å². The Labute approximate surface area is 328 Å². The fourth-order valence-corrected chi connectivity index (χ4v) is 8.99. The quantitative estimate of drug-likeness (QED) is 0.133. The van der Waals surface area contributed by atoms with E-state index in [1.807, 2.05) is 54.6 Å². The predicted molar refractivity (Wildman–Crippen MR) is 213 cm³/mol. The second kappa shape index (κ2) is 17.3. The number of hydrogen-bond acceptors (Lipinski definition) is 7. The summed E-state index contributed by atoms with van der Waals surface area (Å²) < 4.78 is 12.2. The second-order valence-corrected chi connectivity index (χ2v) is 16.2. The van der Waals surface area contributed by atoms with E-state index in [2.05, 4.69) is 22.5 Å². The lowest BCUT2D eigenvalue weighted by Gasteiger charge is -2.30. The molecule has 1 aromatic heterocycles. The van der Waals surface area contributed by atoms with Gasteiger partial charge < -0.3 is 35.4 Å². The molecule has 298 valence electrons. The SMILES string of the molecule is C=C[C@@H]1C[C@]1(NC(=O)[C@@H]1C[C@@H](Oc2cc(-c3ccccc3)nc3cc(OC)ccc23)CN1C(=O)N[C@@H](CC1CCCCC1)C(=O)NCC1CCCCC1)C(=O)O. The number of pyridine rings is 1. The molecule has 0 bridgehead atoms. The molecule has 56 heavy (non-hydrogen) atoms. The number of nitrogens with one attached hydrogen (secondary N) is 3. The molecule has 4 aliphatic rings. The highest BCUT2D eigenvalue weighted by Crippen LogP contribution is 2.45. The van der Waals surface area contributed by atoms with Crippen LogP contribution < -0.4 is 25.4 Å². The lowest BCUT2D eigenvalue weighted by atomic mass is 9.84. The third-order valence-electron chi connectivity index (χ3n) is 12.4.